The van der Waals surface area contributed by atoms with Crippen LogP contribution in [0.15, 0.2) is 12.2 Å². The lowest BCUT2D eigenvalue weighted by Crippen LogP contribution is -2.26. The molecule has 0 aromatic rings. The van der Waals surface area contributed by atoms with Gasteiger partial charge in [-0.05, 0) is 64.2 Å². The molecule has 2 aliphatic heterocycles. The van der Waals surface area contributed by atoms with E-state index in [4.69, 9.17) is 18.9 Å². The van der Waals surface area contributed by atoms with Gasteiger partial charge in [-0.2, -0.15) is 0 Å². The zero-order chi connectivity index (χ0) is 18.4. The molecule has 0 aromatic carbocycles. The van der Waals surface area contributed by atoms with Crippen molar-refractivity contribution in [3.63, 3.8) is 0 Å². The molecule has 4 fully saturated rings. The van der Waals surface area contributed by atoms with Gasteiger partial charge >= 0.3 is 11.9 Å². The highest BCUT2D eigenvalue weighted by Crippen LogP contribution is 2.50. The SMILES string of the molecule is CC12CCC(COC(=O)/C=C/C(=O)OCC3CCC4OC4(C)C3)CC1O2. The Labute approximate surface area is 154 Å². The number of carbonyl (C=O) groups is 2. The molecule has 0 spiro atoms. The quantitative estimate of drug-likeness (QED) is 0.409. The molecule has 2 aliphatic carbocycles. The third-order valence-electron chi connectivity index (χ3n) is 6.48. The lowest BCUT2D eigenvalue weighted by Gasteiger charge is -2.22. The Balaban J connectivity index is 1.11. The maximum Gasteiger partial charge on any atom is 0.331 e. The predicted molar refractivity (Wildman–Crippen MR) is 92.3 cm³/mol. The Hall–Kier alpha value is -1.40. The summed E-state index contributed by atoms with van der Waals surface area (Å²) in [6.07, 6.45) is 9.00. The summed E-state index contributed by atoms with van der Waals surface area (Å²) in [5, 5.41) is 0. The normalized spacial score (nSPS) is 43.3. The Morgan fingerprint density at radius 3 is 2.23 bits per heavy atom. The summed E-state index contributed by atoms with van der Waals surface area (Å²) in [4.78, 5) is 23.6. The van der Waals surface area contributed by atoms with Crippen molar-refractivity contribution in [2.75, 3.05) is 13.2 Å². The molecule has 0 aromatic heterocycles. The smallest absolute Gasteiger partial charge is 0.331 e. The van der Waals surface area contributed by atoms with E-state index in [1.165, 1.54) is 0 Å². The zero-order valence-corrected chi connectivity index (χ0v) is 15.6. The second kappa shape index (κ2) is 6.64. The number of carbonyl (C=O) groups excluding carboxylic acids is 2. The second-order valence-corrected chi connectivity index (χ2v) is 8.72. The number of rotatable bonds is 6. The van der Waals surface area contributed by atoms with E-state index in [0.29, 0.717) is 37.3 Å². The van der Waals surface area contributed by atoms with Gasteiger partial charge in [0.2, 0.25) is 0 Å². The largest absolute Gasteiger partial charge is 0.462 e. The molecule has 0 bridgehead atoms. The molecule has 26 heavy (non-hydrogen) atoms. The average Bonchev–Trinajstić information content (AvgIpc) is 3.48. The Bertz CT molecular complexity index is 615. The Morgan fingerprint density at radius 1 is 0.923 bits per heavy atom. The Kier molecular flexibility index (Phi) is 4.59. The van der Waals surface area contributed by atoms with Gasteiger partial charge in [0.15, 0.2) is 0 Å². The van der Waals surface area contributed by atoms with E-state index >= 15 is 0 Å². The van der Waals surface area contributed by atoms with Gasteiger partial charge in [0.1, 0.15) is 0 Å². The summed E-state index contributed by atoms with van der Waals surface area (Å²) in [7, 11) is 0. The van der Waals surface area contributed by atoms with E-state index < -0.39 is 11.9 Å². The van der Waals surface area contributed by atoms with Gasteiger partial charge in [0.25, 0.3) is 0 Å². The lowest BCUT2D eigenvalue weighted by molar-refractivity contribution is -0.142. The molecule has 0 N–H and O–H groups in total. The molecule has 0 amide bonds. The molecule has 2 saturated heterocycles. The van der Waals surface area contributed by atoms with Crippen LogP contribution in [0, 0.1) is 11.8 Å². The van der Waals surface area contributed by atoms with Crippen LogP contribution in [-0.4, -0.2) is 48.6 Å². The van der Waals surface area contributed by atoms with Crippen LogP contribution in [0.1, 0.15) is 52.4 Å². The van der Waals surface area contributed by atoms with Crippen LogP contribution in [-0.2, 0) is 28.5 Å². The number of ether oxygens (including phenoxy) is 4. The molecule has 6 unspecified atom stereocenters. The van der Waals surface area contributed by atoms with E-state index in [9.17, 15) is 9.59 Å². The number of epoxide rings is 2. The van der Waals surface area contributed by atoms with E-state index in [1.807, 2.05) is 0 Å². The fraction of sp³-hybridized carbons (Fsp3) is 0.800. The fourth-order valence-electron chi connectivity index (χ4n) is 4.54. The number of fused-ring (bicyclic) bond motifs is 2. The van der Waals surface area contributed by atoms with Crippen LogP contribution in [0.4, 0.5) is 0 Å². The molecule has 2 heterocycles. The van der Waals surface area contributed by atoms with Crippen molar-refractivity contribution in [3.8, 4) is 0 Å². The Morgan fingerprint density at radius 2 is 1.58 bits per heavy atom. The van der Waals surface area contributed by atoms with Crippen molar-refractivity contribution in [1.82, 2.24) is 0 Å². The maximum atomic E-state index is 11.8. The first-order valence-corrected chi connectivity index (χ1v) is 9.73. The second-order valence-electron chi connectivity index (χ2n) is 8.72. The van der Waals surface area contributed by atoms with Gasteiger partial charge in [0, 0.05) is 12.2 Å². The van der Waals surface area contributed by atoms with Crippen LogP contribution < -0.4 is 0 Å². The highest BCUT2D eigenvalue weighted by Gasteiger charge is 2.56. The monoisotopic (exact) mass is 364 g/mol. The topological polar surface area (TPSA) is 77.7 Å². The van der Waals surface area contributed by atoms with Crippen molar-refractivity contribution in [2.45, 2.75) is 75.8 Å². The van der Waals surface area contributed by atoms with Crippen LogP contribution in [0.25, 0.3) is 0 Å². The molecule has 6 atom stereocenters. The van der Waals surface area contributed by atoms with Gasteiger partial charge < -0.3 is 18.9 Å². The third kappa shape index (κ3) is 3.96. The molecular formula is C20H28O6. The summed E-state index contributed by atoms with van der Waals surface area (Å²) in [6, 6.07) is 0. The summed E-state index contributed by atoms with van der Waals surface area (Å²) in [5.74, 6) is -0.303. The van der Waals surface area contributed by atoms with Crippen molar-refractivity contribution in [1.29, 1.82) is 0 Å². The van der Waals surface area contributed by atoms with Crippen LogP contribution >= 0.6 is 0 Å². The minimum absolute atomic E-state index is 0.00294. The van der Waals surface area contributed by atoms with E-state index in [1.54, 1.807) is 0 Å². The molecule has 6 heteroatoms. The number of hydrogen-bond donors (Lipinski definition) is 0. The van der Waals surface area contributed by atoms with Crippen LogP contribution in [0.5, 0.6) is 0 Å². The minimum Gasteiger partial charge on any atom is -0.462 e. The molecule has 2 saturated carbocycles. The van der Waals surface area contributed by atoms with Crippen molar-refractivity contribution in [3.05, 3.63) is 12.2 Å². The van der Waals surface area contributed by atoms with Gasteiger partial charge in [-0.3, -0.25) is 0 Å². The van der Waals surface area contributed by atoms with Crippen LogP contribution in [0.2, 0.25) is 0 Å². The lowest BCUT2D eigenvalue weighted by atomic mass is 9.83. The first-order valence-electron chi connectivity index (χ1n) is 9.73. The standard InChI is InChI=1S/C20H28O6/c1-19-8-7-13(9-16(19)26-19)11-23-17(21)5-6-18(22)24-12-14-3-4-15-20(2,10-14)25-15/h5-6,13-16H,3-4,7-12H2,1-2H3/b6-5+. The summed E-state index contributed by atoms with van der Waals surface area (Å²) < 4.78 is 21.8. The third-order valence-corrected chi connectivity index (χ3v) is 6.48. The summed E-state index contributed by atoms with van der Waals surface area (Å²) >= 11 is 0. The van der Waals surface area contributed by atoms with E-state index in [0.717, 1.165) is 50.7 Å². The summed E-state index contributed by atoms with van der Waals surface area (Å²) in [5.41, 5.74) is 0.0729. The van der Waals surface area contributed by atoms with Crippen molar-refractivity contribution in [2.24, 2.45) is 11.8 Å². The molecule has 144 valence electrons. The minimum atomic E-state index is -0.495. The molecule has 0 radical (unpaired) electrons. The van der Waals surface area contributed by atoms with E-state index in [-0.39, 0.29) is 11.2 Å². The van der Waals surface area contributed by atoms with Gasteiger partial charge in [-0.25, -0.2) is 9.59 Å². The first kappa shape index (κ1) is 18.0. The maximum absolute atomic E-state index is 11.8. The fourth-order valence-corrected chi connectivity index (χ4v) is 4.54. The highest BCUT2D eigenvalue weighted by atomic mass is 16.6. The highest BCUT2D eigenvalue weighted by molar-refractivity contribution is 5.91. The van der Waals surface area contributed by atoms with E-state index in [2.05, 4.69) is 13.8 Å². The van der Waals surface area contributed by atoms with Gasteiger partial charge in [-0.15, -0.1) is 0 Å². The average molecular weight is 364 g/mol. The predicted octanol–water partition coefficient (Wildman–Crippen LogP) is 2.54. The molecule has 6 nitrogen and oxygen atoms in total. The summed E-state index contributed by atoms with van der Waals surface area (Å²) in [6.45, 7) is 5.02. The molecule has 4 aliphatic rings. The van der Waals surface area contributed by atoms with Crippen molar-refractivity contribution < 1.29 is 28.5 Å². The zero-order valence-electron chi connectivity index (χ0n) is 15.6. The first-order chi connectivity index (χ1) is 12.4. The molecular weight excluding hydrogens is 336 g/mol. The molecule has 4 rings (SSSR count). The van der Waals surface area contributed by atoms with Crippen LogP contribution in [0.3, 0.4) is 0 Å². The number of esters is 2. The number of hydrogen-bond acceptors (Lipinski definition) is 6. The van der Waals surface area contributed by atoms with Gasteiger partial charge in [-0.1, -0.05) is 0 Å². The van der Waals surface area contributed by atoms with Gasteiger partial charge in [0.05, 0.1) is 36.6 Å². The van der Waals surface area contributed by atoms with Crippen molar-refractivity contribution >= 4 is 11.9 Å².